The molecule has 0 aromatic carbocycles. The quantitative estimate of drug-likeness (QED) is 0.826. The zero-order valence-electron chi connectivity index (χ0n) is 9.81. The van der Waals surface area contributed by atoms with E-state index in [0.29, 0.717) is 4.90 Å². The Balaban J connectivity index is 2.29. The number of carbonyl (C=O) groups excluding carboxylic acids is 1. The largest absolute Gasteiger partial charge is 0.476 e. The Bertz CT molecular complexity index is 538. The first kappa shape index (κ1) is 13.4. The van der Waals surface area contributed by atoms with Crippen LogP contribution in [0.5, 0.6) is 0 Å². The number of alkyl halides is 3. The van der Waals surface area contributed by atoms with Gasteiger partial charge in [-0.25, -0.2) is 4.79 Å². The van der Waals surface area contributed by atoms with Crippen LogP contribution in [0.25, 0.3) is 0 Å². The number of rotatable bonds is 1. The predicted molar refractivity (Wildman–Crippen MR) is 55.3 cm³/mol. The van der Waals surface area contributed by atoms with Gasteiger partial charge in [-0.05, 0) is 13.0 Å². The van der Waals surface area contributed by atoms with Crippen molar-refractivity contribution >= 4 is 11.9 Å². The van der Waals surface area contributed by atoms with Crippen molar-refractivity contribution in [2.24, 2.45) is 0 Å². The summed E-state index contributed by atoms with van der Waals surface area (Å²) in [4.78, 5) is 22.6. The number of amides is 1. The minimum atomic E-state index is -4.94. The van der Waals surface area contributed by atoms with E-state index in [4.69, 9.17) is 5.11 Å². The summed E-state index contributed by atoms with van der Waals surface area (Å²) in [5.74, 6) is -3.19. The average molecular weight is 277 g/mol. The fourth-order valence-electron chi connectivity index (χ4n) is 1.96. The van der Waals surface area contributed by atoms with Crippen molar-refractivity contribution in [2.75, 3.05) is 0 Å². The van der Waals surface area contributed by atoms with Gasteiger partial charge in [0, 0.05) is 6.04 Å². The predicted octanol–water partition coefficient (Wildman–Crippen LogP) is 0.874. The van der Waals surface area contributed by atoms with Crippen molar-refractivity contribution < 1.29 is 27.9 Å². The van der Waals surface area contributed by atoms with Crippen molar-refractivity contribution in [3.05, 3.63) is 17.5 Å². The van der Waals surface area contributed by atoms with Crippen molar-refractivity contribution in [2.45, 2.75) is 32.2 Å². The van der Waals surface area contributed by atoms with Gasteiger partial charge in [0.15, 0.2) is 5.69 Å². The van der Waals surface area contributed by atoms with Gasteiger partial charge in [-0.2, -0.15) is 18.3 Å². The zero-order chi connectivity index (χ0) is 14.4. The number of halogens is 3. The lowest BCUT2D eigenvalue weighted by Gasteiger charge is -2.34. The van der Waals surface area contributed by atoms with Crippen LogP contribution in [0.3, 0.4) is 0 Å². The van der Waals surface area contributed by atoms with Gasteiger partial charge in [0.25, 0.3) is 0 Å². The zero-order valence-corrected chi connectivity index (χ0v) is 9.81. The van der Waals surface area contributed by atoms with Crippen LogP contribution < -0.4 is 0 Å². The van der Waals surface area contributed by atoms with Crippen LogP contribution in [-0.2, 0) is 17.9 Å². The highest BCUT2D eigenvalue weighted by molar-refractivity contribution is 5.85. The summed E-state index contributed by atoms with van der Waals surface area (Å²) in [6, 6.07) is 0.466. The van der Waals surface area contributed by atoms with Crippen molar-refractivity contribution in [1.29, 1.82) is 0 Å². The molecular formula is C10H10F3N3O3. The molecule has 0 radical (unpaired) electrons. The Kier molecular flexibility index (Phi) is 2.99. The molecule has 6 nitrogen and oxygen atoms in total. The summed E-state index contributed by atoms with van der Waals surface area (Å²) < 4.78 is 38.5. The summed E-state index contributed by atoms with van der Waals surface area (Å²) in [5, 5.41) is 12.5. The standard InChI is InChI=1S/C10H10F3N3O3/c1-5-3-16-6(2-7(14-16)8(17)18)4-15(5)9(19)10(11,12)13/h2,5H,3-4H2,1H3,(H,17,18). The maximum absolute atomic E-state index is 12.4. The molecule has 19 heavy (non-hydrogen) atoms. The number of aromatic nitrogens is 2. The number of carboxylic acid groups (broad SMARTS) is 1. The Labute approximate surface area is 105 Å². The molecule has 0 spiro atoms. The first-order valence-corrected chi connectivity index (χ1v) is 5.38. The average Bonchev–Trinajstić information content (AvgIpc) is 2.68. The van der Waals surface area contributed by atoms with Crippen molar-refractivity contribution in [3.63, 3.8) is 0 Å². The number of fused-ring (bicyclic) bond motifs is 1. The maximum Gasteiger partial charge on any atom is 0.471 e. The lowest BCUT2D eigenvalue weighted by molar-refractivity contribution is -0.189. The summed E-state index contributed by atoms with van der Waals surface area (Å²) in [6.07, 6.45) is -4.94. The van der Waals surface area contributed by atoms with Gasteiger partial charge in [-0.3, -0.25) is 9.48 Å². The molecule has 1 atom stereocenters. The molecule has 1 aliphatic heterocycles. The van der Waals surface area contributed by atoms with Crippen molar-refractivity contribution in [1.82, 2.24) is 14.7 Å². The van der Waals surface area contributed by atoms with Crippen LogP contribution in [0.15, 0.2) is 6.07 Å². The lowest BCUT2D eigenvalue weighted by atomic mass is 10.2. The van der Waals surface area contributed by atoms with E-state index in [1.165, 1.54) is 17.7 Å². The fraction of sp³-hybridized carbons (Fsp3) is 0.500. The second-order valence-corrected chi connectivity index (χ2v) is 4.29. The number of carboxylic acids is 1. The summed E-state index contributed by atoms with van der Waals surface area (Å²) in [5.41, 5.74) is 0.0246. The van der Waals surface area contributed by atoms with E-state index in [0.717, 1.165) is 0 Å². The highest BCUT2D eigenvalue weighted by Gasteiger charge is 2.45. The van der Waals surface area contributed by atoms with Gasteiger partial charge in [0.2, 0.25) is 0 Å². The molecule has 0 saturated carbocycles. The van der Waals surface area contributed by atoms with Crippen LogP contribution in [0, 0.1) is 0 Å². The molecule has 104 valence electrons. The number of hydrogen-bond donors (Lipinski definition) is 1. The van der Waals surface area contributed by atoms with E-state index in [-0.39, 0.29) is 24.5 Å². The topological polar surface area (TPSA) is 75.4 Å². The minimum Gasteiger partial charge on any atom is -0.476 e. The normalized spacial score (nSPS) is 19.2. The van der Waals surface area contributed by atoms with Gasteiger partial charge in [-0.15, -0.1) is 0 Å². The molecule has 0 fully saturated rings. The summed E-state index contributed by atoms with van der Waals surface area (Å²) in [6.45, 7) is 1.18. The lowest BCUT2D eigenvalue weighted by Crippen LogP contribution is -2.50. The van der Waals surface area contributed by atoms with E-state index in [1.807, 2.05) is 0 Å². The molecular weight excluding hydrogens is 267 g/mol. The van der Waals surface area contributed by atoms with Gasteiger partial charge in [0.05, 0.1) is 18.8 Å². The number of aromatic carboxylic acids is 1. The van der Waals surface area contributed by atoms with Crippen LogP contribution in [-0.4, -0.2) is 43.9 Å². The van der Waals surface area contributed by atoms with Crippen molar-refractivity contribution in [3.8, 4) is 0 Å². The summed E-state index contributed by atoms with van der Waals surface area (Å²) >= 11 is 0. The van der Waals surface area contributed by atoms with E-state index < -0.39 is 24.1 Å². The molecule has 1 unspecified atom stereocenters. The Morgan fingerprint density at radius 2 is 2.11 bits per heavy atom. The molecule has 1 aromatic heterocycles. The van der Waals surface area contributed by atoms with E-state index >= 15 is 0 Å². The number of carbonyl (C=O) groups is 2. The SMILES string of the molecule is CC1Cn2nc(C(=O)O)cc2CN1C(=O)C(F)(F)F. The maximum atomic E-state index is 12.4. The molecule has 1 amide bonds. The molecule has 1 aromatic rings. The Hall–Kier alpha value is -2.06. The number of nitrogens with zero attached hydrogens (tertiary/aromatic N) is 3. The highest BCUT2D eigenvalue weighted by Crippen LogP contribution is 2.25. The minimum absolute atomic E-state index is 0.0322. The highest BCUT2D eigenvalue weighted by atomic mass is 19.4. The van der Waals surface area contributed by atoms with E-state index in [2.05, 4.69) is 5.10 Å². The van der Waals surface area contributed by atoms with E-state index in [9.17, 15) is 22.8 Å². The first-order valence-electron chi connectivity index (χ1n) is 5.38. The molecule has 9 heteroatoms. The molecule has 0 saturated heterocycles. The van der Waals surface area contributed by atoms with Gasteiger partial charge in [0.1, 0.15) is 0 Å². The van der Waals surface area contributed by atoms with Gasteiger partial charge in [-0.1, -0.05) is 0 Å². The van der Waals surface area contributed by atoms with Crippen LogP contribution in [0.2, 0.25) is 0 Å². The first-order chi connectivity index (χ1) is 8.70. The smallest absolute Gasteiger partial charge is 0.471 e. The van der Waals surface area contributed by atoms with Crippen LogP contribution >= 0.6 is 0 Å². The second kappa shape index (κ2) is 4.25. The van der Waals surface area contributed by atoms with Crippen LogP contribution in [0.4, 0.5) is 13.2 Å². The third kappa shape index (κ3) is 2.40. The third-order valence-corrected chi connectivity index (χ3v) is 2.89. The molecule has 0 bridgehead atoms. The molecule has 0 aliphatic carbocycles. The molecule has 1 N–H and O–H groups in total. The summed E-state index contributed by atoms with van der Waals surface area (Å²) in [7, 11) is 0. The number of hydrogen-bond acceptors (Lipinski definition) is 3. The molecule has 2 heterocycles. The van der Waals surface area contributed by atoms with E-state index in [1.54, 1.807) is 0 Å². The second-order valence-electron chi connectivity index (χ2n) is 4.29. The van der Waals surface area contributed by atoms with Crippen LogP contribution in [0.1, 0.15) is 23.1 Å². The Morgan fingerprint density at radius 1 is 1.47 bits per heavy atom. The monoisotopic (exact) mass is 277 g/mol. The van der Waals surface area contributed by atoms with Gasteiger partial charge < -0.3 is 10.0 Å². The fourth-order valence-corrected chi connectivity index (χ4v) is 1.96. The Morgan fingerprint density at radius 3 is 2.63 bits per heavy atom. The third-order valence-electron chi connectivity index (χ3n) is 2.89. The molecule has 2 rings (SSSR count). The molecule has 1 aliphatic rings. The van der Waals surface area contributed by atoms with Gasteiger partial charge >= 0.3 is 18.1 Å².